The first-order valence-electron chi connectivity index (χ1n) is 13.2. The van der Waals surface area contributed by atoms with Gasteiger partial charge in [0, 0.05) is 32.2 Å². The lowest BCUT2D eigenvalue weighted by atomic mass is 10.1. The van der Waals surface area contributed by atoms with E-state index in [1.807, 2.05) is 79.4 Å². The highest BCUT2D eigenvalue weighted by Gasteiger charge is 2.25. The highest BCUT2D eigenvalue weighted by Crippen LogP contribution is 2.34. The summed E-state index contributed by atoms with van der Waals surface area (Å²) in [6.45, 7) is 7.42. The molecule has 1 heterocycles. The van der Waals surface area contributed by atoms with Crippen molar-refractivity contribution in [3.8, 4) is 11.5 Å². The second kappa shape index (κ2) is 14.0. The molecule has 4 rings (SSSR count). The minimum atomic E-state index is -0.302. The van der Waals surface area contributed by atoms with Gasteiger partial charge in [-0.1, -0.05) is 86.1 Å². The Morgan fingerprint density at radius 1 is 0.821 bits per heavy atom. The third-order valence-corrected chi connectivity index (χ3v) is 6.64. The fourth-order valence-corrected chi connectivity index (χ4v) is 4.38. The molecule has 0 atom stereocenters. The molecule has 0 unspecified atom stereocenters. The van der Waals surface area contributed by atoms with Gasteiger partial charge in [-0.05, 0) is 23.1 Å². The summed E-state index contributed by atoms with van der Waals surface area (Å²) in [7, 11) is 0. The predicted octanol–water partition coefficient (Wildman–Crippen LogP) is 6.09. The number of amides is 1. The summed E-state index contributed by atoms with van der Waals surface area (Å²) in [4.78, 5) is 29.4. The van der Waals surface area contributed by atoms with Crippen LogP contribution in [0.15, 0.2) is 72.8 Å². The number of benzene rings is 3. The smallest absolute Gasteiger partial charge is 0.409 e. The standard InChI is InChI=1S/C31H35ClN2O5/c1-23(2)20-39-31(36)34-15-13-33(14-16-34)19-28(35)26-17-27(32)30(38-22-25-11-7-4-8-12-25)18-29(26)37-21-24-9-5-3-6-10-24/h3-12,17-18,23H,13-16,19-22H2,1-2H3. The maximum absolute atomic E-state index is 13.5. The number of carbonyl (C=O) groups is 2. The summed E-state index contributed by atoms with van der Waals surface area (Å²) in [5, 5.41) is 0.346. The molecule has 7 nitrogen and oxygen atoms in total. The van der Waals surface area contributed by atoms with E-state index in [-0.39, 0.29) is 24.3 Å². The monoisotopic (exact) mass is 550 g/mol. The molecule has 0 aliphatic carbocycles. The predicted molar refractivity (Wildman–Crippen MR) is 152 cm³/mol. The lowest BCUT2D eigenvalue weighted by Crippen LogP contribution is -2.50. The molecule has 3 aromatic carbocycles. The number of carbonyl (C=O) groups excluding carboxylic acids is 2. The first kappa shape index (κ1) is 28.5. The average molecular weight is 551 g/mol. The first-order chi connectivity index (χ1) is 18.9. The van der Waals surface area contributed by atoms with Crippen molar-refractivity contribution in [2.45, 2.75) is 27.1 Å². The van der Waals surface area contributed by atoms with E-state index >= 15 is 0 Å². The molecule has 8 heteroatoms. The van der Waals surface area contributed by atoms with E-state index in [0.29, 0.717) is 68.1 Å². The van der Waals surface area contributed by atoms with Crippen molar-refractivity contribution >= 4 is 23.5 Å². The second-order valence-electron chi connectivity index (χ2n) is 9.98. The van der Waals surface area contributed by atoms with Gasteiger partial charge in [-0.25, -0.2) is 4.79 Å². The minimum absolute atomic E-state index is 0.106. The molecule has 1 fully saturated rings. The van der Waals surface area contributed by atoms with E-state index < -0.39 is 0 Å². The van der Waals surface area contributed by atoms with Crippen LogP contribution in [0.1, 0.15) is 35.3 Å². The molecule has 1 amide bonds. The van der Waals surface area contributed by atoms with Crippen molar-refractivity contribution in [1.29, 1.82) is 0 Å². The Kier molecular flexibility index (Phi) is 10.2. The van der Waals surface area contributed by atoms with Gasteiger partial charge in [0.2, 0.25) is 0 Å². The molecule has 0 radical (unpaired) electrons. The van der Waals surface area contributed by atoms with E-state index in [9.17, 15) is 9.59 Å². The zero-order valence-corrected chi connectivity index (χ0v) is 23.2. The van der Waals surface area contributed by atoms with Crippen LogP contribution in [0.4, 0.5) is 4.79 Å². The highest BCUT2D eigenvalue weighted by atomic mass is 35.5. The molecule has 1 aliphatic heterocycles. The third-order valence-electron chi connectivity index (χ3n) is 6.35. The number of hydrogen-bond acceptors (Lipinski definition) is 6. The molecule has 0 aromatic heterocycles. The summed E-state index contributed by atoms with van der Waals surface area (Å²) >= 11 is 6.57. The molecule has 1 aliphatic rings. The first-order valence-corrected chi connectivity index (χ1v) is 13.6. The Labute approximate surface area is 235 Å². The van der Waals surface area contributed by atoms with Crippen LogP contribution in [-0.4, -0.2) is 61.0 Å². The molecule has 3 aromatic rings. The topological polar surface area (TPSA) is 68.3 Å². The van der Waals surface area contributed by atoms with Crippen molar-refractivity contribution in [1.82, 2.24) is 9.80 Å². The molecular weight excluding hydrogens is 516 g/mol. The number of piperazine rings is 1. The zero-order chi connectivity index (χ0) is 27.6. The molecule has 206 valence electrons. The summed E-state index contributed by atoms with van der Waals surface area (Å²) in [5.74, 6) is 1.05. The normalized spacial score (nSPS) is 13.8. The highest BCUT2D eigenvalue weighted by molar-refractivity contribution is 6.32. The molecule has 1 saturated heterocycles. The van der Waals surface area contributed by atoms with Crippen molar-refractivity contribution in [2.75, 3.05) is 39.3 Å². The van der Waals surface area contributed by atoms with Crippen LogP contribution in [0.5, 0.6) is 11.5 Å². The molecule has 0 bridgehead atoms. The van der Waals surface area contributed by atoms with Crippen LogP contribution in [0.25, 0.3) is 0 Å². The Balaban J connectivity index is 1.44. The maximum atomic E-state index is 13.5. The fraction of sp³-hybridized carbons (Fsp3) is 0.355. The lowest BCUT2D eigenvalue weighted by Gasteiger charge is -2.33. The second-order valence-corrected chi connectivity index (χ2v) is 10.4. The van der Waals surface area contributed by atoms with Crippen LogP contribution >= 0.6 is 11.6 Å². The molecule has 0 saturated carbocycles. The van der Waals surface area contributed by atoms with E-state index in [1.54, 1.807) is 17.0 Å². The van der Waals surface area contributed by atoms with Crippen molar-refractivity contribution < 1.29 is 23.8 Å². The molecule has 39 heavy (non-hydrogen) atoms. The Hall–Kier alpha value is -3.55. The largest absolute Gasteiger partial charge is 0.488 e. The molecule has 0 N–H and O–H groups in total. The summed E-state index contributed by atoms with van der Waals surface area (Å²) < 4.78 is 17.5. The molecular formula is C31H35ClN2O5. The Morgan fingerprint density at radius 3 is 1.95 bits per heavy atom. The van der Waals surface area contributed by atoms with Crippen LogP contribution in [0, 0.1) is 5.92 Å². The van der Waals surface area contributed by atoms with Crippen LogP contribution in [-0.2, 0) is 18.0 Å². The van der Waals surface area contributed by atoms with E-state index in [0.717, 1.165) is 11.1 Å². The van der Waals surface area contributed by atoms with Gasteiger partial charge in [0.25, 0.3) is 0 Å². The van der Waals surface area contributed by atoms with E-state index in [1.165, 1.54) is 0 Å². The van der Waals surface area contributed by atoms with Gasteiger partial charge in [-0.2, -0.15) is 0 Å². The number of halogens is 1. The third kappa shape index (κ3) is 8.47. The van der Waals surface area contributed by atoms with Gasteiger partial charge in [0.1, 0.15) is 24.7 Å². The number of hydrogen-bond donors (Lipinski definition) is 0. The minimum Gasteiger partial charge on any atom is -0.488 e. The Morgan fingerprint density at radius 2 is 1.38 bits per heavy atom. The van der Waals surface area contributed by atoms with Crippen LogP contribution in [0.3, 0.4) is 0 Å². The number of Topliss-reactive ketones (excluding diaryl/α,β-unsaturated/α-hetero) is 1. The average Bonchev–Trinajstić information content (AvgIpc) is 2.95. The SMILES string of the molecule is CC(C)COC(=O)N1CCN(CC(=O)c2cc(Cl)c(OCc3ccccc3)cc2OCc2ccccc2)CC1. The number of ketones is 1. The summed E-state index contributed by atoms with van der Waals surface area (Å²) in [5.41, 5.74) is 2.40. The number of ether oxygens (including phenoxy) is 3. The van der Waals surface area contributed by atoms with Crippen molar-refractivity contribution in [3.63, 3.8) is 0 Å². The van der Waals surface area contributed by atoms with Crippen molar-refractivity contribution in [3.05, 3.63) is 94.5 Å². The van der Waals surface area contributed by atoms with Crippen molar-refractivity contribution in [2.24, 2.45) is 5.92 Å². The van der Waals surface area contributed by atoms with Gasteiger partial charge < -0.3 is 19.1 Å². The van der Waals surface area contributed by atoms with E-state index in [2.05, 4.69) is 0 Å². The Bertz CT molecular complexity index is 1230. The van der Waals surface area contributed by atoms with E-state index in [4.69, 9.17) is 25.8 Å². The lowest BCUT2D eigenvalue weighted by molar-refractivity contribution is 0.0658. The zero-order valence-electron chi connectivity index (χ0n) is 22.5. The van der Waals surface area contributed by atoms with Gasteiger partial charge in [-0.3, -0.25) is 9.69 Å². The summed E-state index contributed by atoms with van der Waals surface area (Å²) in [6, 6.07) is 22.9. The number of rotatable bonds is 11. The quantitative estimate of drug-likeness (QED) is 0.269. The van der Waals surface area contributed by atoms with Crippen LogP contribution < -0.4 is 9.47 Å². The number of nitrogens with zero attached hydrogens (tertiary/aromatic N) is 2. The van der Waals surface area contributed by atoms with Gasteiger partial charge in [0.05, 0.1) is 23.7 Å². The van der Waals surface area contributed by atoms with Gasteiger partial charge in [0.15, 0.2) is 5.78 Å². The summed E-state index contributed by atoms with van der Waals surface area (Å²) in [6.07, 6.45) is -0.302. The van der Waals surface area contributed by atoms with Gasteiger partial charge in [-0.15, -0.1) is 0 Å². The molecule has 0 spiro atoms. The fourth-order valence-electron chi connectivity index (χ4n) is 4.16. The maximum Gasteiger partial charge on any atom is 0.409 e. The van der Waals surface area contributed by atoms with Gasteiger partial charge >= 0.3 is 6.09 Å². The van der Waals surface area contributed by atoms with Crippen LogP contribution in [0.2, 0.25) is 5.02 Å².